The monoisotopic (exact) mass is 240 g/mol. The van der Waals surface area contributed by atoms with Gasteiger partial charge < -0.3 is 5.32 Å². The minimum atomic E-state index is 0.108. The number of aromatic nitrogens is 1. The van der Waals surface area contributed by atoms with E-state index < -0.39 is 0 Å². The van der Waals surface area contributed by atoms with Crippen molar-refractivity contribution in [2.45, 2.75) is 52.5 Å². The molecule has 0 aliphatic rings. The molecular weight excluding hydrogens is 220 g/mol. The predicted molar refractivity (Wildman–Crippen MR) is 67.8 cm³/mol. The summed E-state index contributed by atoms with van der Waals surface area (Å²) in [5.41, 5.74) is 1.13. The van der Waals surface area contributed by atoms with E-state index >= 15 is 0 Å². The second kappa shape index (κ2) is 5.99. The molecule has 0 aromatic carbocycles. The number of aryl methyl sites for hydroxylation is 1. The van der Waals surface area contributed by atoms with E-state index in [-0.39, 0.29) is 11.9 Å². The topological polar surface area (TPSA) is 42.0 Å². The van der Waals surface area contributed by atoms with Crippen LogP contribution < -0.4 is 5.32 Å². The van der Waals surface area contributed by atoms with Crippen molar-refractivity contribution in [2.24, 2.45) is 0 Å². The molecule has 0 fully saturated rings. The second-order valence-electron chi connectivity index (χ2n) is 4.54. The van der Waals surface area contributed by atoms with Crippen molar-refractivity contribution < 1.29 is 4.79 Å². The Morgan fingerprint density at radius 2 is 2.12 bits per heavy atom. The van der Waals surface area contributed by atoms with Crippen LogP contribution in [0.4, 0.5) is 0 Å². The van der Waals surface area contributed by atoms with Crippen LogP contribution in [0.2, 0.25) is 0 Å². The third-order valence-electron chi connectivity index (χ3n) is 2.18. The highest BCUT2D eigenvalue weighted by atomic mass is 32.1. The Hall–Kier alpha value is -0.900. The summed E-state index contributed by atoms with van der Waals surface area (Å²) in [6.45, 7) is 8.20. The number of rotatable bonds is 5. The highest BCUT2D eigenvalue weighted by Crippen LogP contribution is 2.18. The molecule has 1 heterocycles. The van der Waals surface area contributed by atoms with Crippen LogP contribution in [0.1, 0.15) is 50.7 Å². The van der Waals surface area contributed by atoms with Crippen molar-refractivity contribution in [3.8, 4) is 0 Å². The average Bonchev–Trinajstić information content (AvgIpc) is 2.61. The van der Waals surface area contributed by atoms with E-state index in [2.05, 4.69) is 29.5 Å². The fourth-order valence-electron chi connectivity index (χ4n) is 1.32. The molecule has 0 aliphatic carbocycles. The van der Waals surface area contributed by atoms with Crippen molar-refractivity contribution in [3.05, 3.63) is 16.1 Å². The summed E-state index contributed by atoms with van der Waals surface area (Å²) < 4.78 is 0. The summed E-state index contributed by atoms with van der Waals surface area (Å²) in [4.78, 5) is 15.9. The van der Waals surface area contributed by atoms with Gasteiger partial charge in [0.05, 0.1) is 10.7 Å². The number of hydrogen-bond donors (Lipinski definition) is 1. The Morgan fingerprint density at radius 1 is 1.44 bits per heavy atom. The van der Waals surface area contributed by atoms with E-state index in [9.17, 15) is 4.79 Å². The van der Waals surface area contributed by atoms with Gasteiger partial charge in [-0.2, -0.15) is 0 Å². The molecule has 0 saturated carbocycles. The van der Waals surface area contributed by atoms with Gasteiger partial charge in [-0.3, -0.25) is 4.79 Å². The molecule has 1 aromatic rings. The fourth-order valence-corrected chi connectivity index (χ4v) is 2.28. The van der Waals surface area contributed by atoms with Crippen LogP contribution in [-0.2, 0) is 11.2 Å². The Kier molecular flexibility index (Phi) is 4.93. The van der Waals surface area contributed by atoms with Crippen molar-refractivity contribution >= 4 is 17.2 Å². The van der Waals surface area contributed by atoms with E-state index in [1.165, 1.54) is 0 Å². The second-order valence-corrected chi connectivity index (χ2v) is 5.49. The molecule has 1 rings (SSSR count). The summed E-state index contributed by atoms with van der Waals surface area (Å²) in [6.07, 6.45) is 1.28. The smallest absolute Gasteiger partial charge is 0.220 e. The van der Waals surface area contributed by atoms with Crippen LogP contribution in [0, 0.1) is 0 Å². The molecule has 1 aromatic heterocycles. The van der Waals surface area contributed by atoms with Gasteiger partial charge in [-0.25, -0.2) is 4.98 Å². The molecular formula is C12H20N2OS. The van der Waals surface area contributed by atoms with E-state index in [1.807, 2.05) is 13.8 Å². The molecule has 0 unspecified atom stereocenters. The van der Waals surface area contributed by atoms with Crippen LogP contribution in [-0.4, -0.2) is 16.9 Å². The van der Waals surface area contributed by atoms with Crippen molar-refractivity contribution in [1.29, 1.82) is 0 Å². The molecule has 4 heteroatoms. The van der Waals surface area contributed by atoms with Crippen LogP contribution in [0.15, 0.2) is 5.38 Å². The number of nitrogens with one attached hydrogen (secondary N) is 1. The van der Waals surface area contributed by atoms with E-state index in [4.69, 9.17) is 0 Å². The third kappa shape index (κ3) is 4.31. The lowest BCUT2D eigenvalue weighted by molar-refractivity contribution is -0.121. The Balaban J connectivity index is 2.39. The van der Waals surface area contributed by atoms with Crippen molar-refractivity contribution in [2.75, 3.05) is 0 Å². The minimum absolute atomic E-state index is 0.108. The van der Waals surface area contributed by atoms with Gasteiger partial charge in [-0.1, -0.05) is 13.8 Å². The van der Waals surface area contributed by atoms with Gasteiger partial charge >= 0.3 is 0 Å². The van der Waals surface area contributed by atoms with Crippen LogP contribution >= 0.6 is 11.3 Å². The Morgan fingerprint density at radius 3 is 2.62 bits per heavy atom. The maximum absolute atomic E-state index is 11.4. The molecule has 0 saturated heterocycles. The number of carbonyl (C=O) groups is 1. The van der Waals surface area contributed by atoms with E-state index in [1.54, 1.807) is 11.3 Å². The molecule has 1 amide bonds. The number of nitrogens with zero attached hydrogens (tertiary/aromatic N) is 1. The van der Waals surface area contributed by atoms with Gasteiger partial charge in [-0.15, -0.1) is 11.3 Å². The largest absolute Gasteiger partial charge is 0.354 e. The molecule has 0 aliphatic heterocycles. The normalized spacial score (nSPS) is 11.1. The first-order valence-corrected chi connectivity index (χ1v) is 6.60. The molecule has 3 nitrogen and oxygen atoms in total. The lowest BCUT2D eigenvalue weighted by Crippen LogP contribution is -2.30. The lowest BCUT2D eigenvalue weighted by Gasteiger charge is -2.06. The standard InChI is InChI=1S/C12H20N2OS/c1-8(2)10-7-16-12(14-10)6-5-11(15)13-9(3)4/h7-9H,5-6H2,1-4H3,(H,13,15). The van der Waals surface area contributed by atoms with Crippen molar-refractivity contribution in [1.82, 2.24) is 10.3 Å². The van der Waals surface area contributed by atoms with Gasteiger partial charge in [0.2, 0.25) is 5.91 Å². The van der Waals surface area contributed by atoms with Gasteiger partial charge in [0.15, 0.2) is 0 Å². The number of carbonyl (C=O) groups excluding carboxylic acids is 1. The Labute approximate surface area is 101 Å². The molecule has 0 spiro atoms. The molecule has 16 heavy (non-hydrogen) atoms. The highest BCUT2D eigenvalue weighted by Gasteiger charge is 2.08. The summed E-state index contributed by atoms with van der Waals surface area (Å²) in [5, 5.41) is 6.02. The van der Waals surface area contributed by atoms with Crippen molar-refractivity contribution in [3.63, 3.8) is 0 Å². The molecule has 0 radical (unpaired) electrons. The SMILES string of the molecule is CC(C)NC(=O)CCc1nc(C(C)C)cs1. The van der Waals surface area contributed by atoms with Gasteiger partial charge in [-0.05, 0) is 19.8 Å². The summed E-state index contributed by atoms with van der Waals surface area (Å²) in [7, 11) is 0. The Bertz CT molecular complexity index is 345. The molecule has 1 N–H and O–H groups in total. The van der Waals surface area contributed by atoms with E-state index in [0.29, 0.717) is 12.3 Å². The zero-order chi connectivity index (χ0) is 12.1. The fraction of sp³-hybridized carbons (Fsp3) is 0.667. The number of hydrogen-bond acceptors (Lipinski definition) is 3. The third-order valence-corrected chi connectivity index (χ3v) is 3.10. The summed E-state index contributed by atoms with van der Waals surface area (Å²) in [5.74, 6) is 0.575. The average molecular weight is 240 g/mol. The van der Waals surface area contributed by atoms with Crippen LogP contribution in [0.5, 0.6) is 0 Å². The predicted octanol–water partition coefficient (Wildman–Crippen LogP) is 2.72. The zero-order valence-corrected chi connectivity index (χ0v) is 11.2. The zero-order valence-electron chi connectivity index (χ0n) is 10.4. The first-order valence-electron chi connectivity index (χ1n) is 5.72. The molecule has 0 atom stereocenters. The maximum Gasteiger partial charge on any atom is 0.220 e. The molecule has 90 valence electrons. The summed E-state index contributed by atoms with van der Waals surface area (Å²) in [6, 6.07) is 0.218. The quantitative estimate of drug-likeness (QED) is 0.860. The van der Waals surface area contributed by atoms with E-state index in [0.717, 1.165) is 17.1 Å². The first kappa shape index (κ1) is 13.2. The first-order chi connectivity index (χ1) is 7.49. The number of thiazole rings is 1. The molecule has 0 bridgehead atoms. The minimum Gasteiger partial charge on any atom is -0.354 e. The summed E-state index contributed by atoms with van der Waals surface area (Å²) >= 11 is 1.65. The van der Waals surface area contributed by atoms with Gasteiger partial charge in [0.1, 0.15) is 0 Å². The van der Waals surface area contributed by atoms with Gasteiger partial charge in [0.25, 0.3) is 0 Å². The highest BCUT2D eigenvalue weighted by molar-refractivity contribution is 7.09. The maximum atomic E-state index is 11.4. The van der Waals surface area contributed by atoms with Crippen LogP contribution in [0.25, 0.3) is 0 Å². The lowest BCUT2D eigenvalue weighted by atomic mass is 10.2. The van der Waals surface area contributed by atoms with Gasteiger partial charge in [0, 0.05) is 24.3 Å². The number of amides is 1. The van der Waals surface area contributed by atoms with Crippen LogP contribution in [0.3, 0.4) is 0 Å².